The SMILES string of the molecule is Cc1cc([C@H](N)c2cccs2)cc(C)c1OCc1ccccc1.Cl. The molecule has 0 spiro atoms. The monoisotopic (exact) mass is 359 g/mol. The van der Waals surface area contributed by atoms with Crippen molar-refractivity contribution in [1.29, 1.82) is 0 Å². The second-order valence-electron chi connectivity index (χ2n) is 5.75. The predicted molar refractivity (Wildman–Crippen MR) is 104 cm³/mol. The number of aryl methyl sites for hydroxylation is 2. The van der Waals surface area contributed by atoms with Crippen molar-refractivity contribution < 1.29 is 4.74 Å². The minimum atomic E-state index is -0.0735. The lowest BCUT2D eigenvalue weighted by Gasteiger charge is -2.17. The van der Waals surface area contributed by atoms with Crippen molar-refractivity contribution in [3.05, 3.63) is 87.1 Å². The molecule has 0 saturated carbocycles. The van der Waals surface area contributed by atoms with Gasteiger partial charge in [0.05, 0.1) is 6.04 Å². The van der Waals surface area contributed by atoms with Crippen LogP contribution in [0.3, 0.4) is 0 Å². The van der Waals surface area contributed by atoms with E-state index in [9.17, 15) is 0 Å². The quantitative estimate of drug-likeness (QED) is 0.660. The summed E-state index contributed by atoms with van der Waals surface area (Å²) in [6, 6.07) is 18.5. The summed E-state index contributed by atoms with van der Waals surface area (Å²) in [5.41, 5.74) is 10.9. The molecule has 0 aliphatic rings. The maximum absolute atomic E-state index is 6.38. The van der Waals surface area contributed by atoms with Gasteiger partial charge >= 0.3 is 0 Å². The van der Waals surface area contributed by atoms with Crippen molar-refractivity contribution in [2.24, 2.45) is 5.73 Å². The number of benzene rings is 2. The summed E-state index contributed by atoms with van der Waals surface area (Å²) in [5, 5.41) is 2.06. The Kier molecular flexibility index (Phi) is 6.44. The Labute approximate surface area is 153 Å². The first-order chi connectivity index (χ1) is 11.1. The van der Waals surface area contributed by atoms with Crippen LogP contribution in [0.1, 0.15) is 33.2 Å². The fourth-order valence-corrected chi connectivity index (χ4v) is 3.51. The van der Waals surface area contributed by atoms with Crippen molar-refractivity contribution in [2.75, 3.05) is 0 Å². The molecule has 0 saturated heterocycles. The molecule has 0 fully saturated rings. The number of rotatable bonds is 5. The fourth-order valence-electron chi connectivity index (χ4n) is 2.75. The van der Waals surface area contributed by atoms with Crippen LogP contribution >= 0.6 is 23.7 Å². The van der Waals surface area contributed by atoms with E-state index in [1.807, 2.05) is 24.3 Å². The number of ether oxygens (including phenoxy) is 1. The molecule has 0 aliphatic heterocycles. The van der Waals surface area contributed by atoms with Crippen LogP contribution in [0.5, 0.6) is 5.75 Å². The summed E-state index contributed by atoms with van der Waals surface area (Å²) in [6.45, 7) is 4.74. The second kappa shape index (κ2) is 8.34. The molecule has 4 heteroatoms. The Morgan fingerprint density at radius 1 is 1.00 bits per heavy atom. The minimum Gasteiger partial charge on any atom is -0.488 e. The number of nitrogens with two attached hydrogens (primary N) is 1. The molecule has 1 aromatic heterocycles. The molecule has 2 N–H and O–H groups in total. The van der Waals surface area contributed by atoms with E-state index in [0.29, 0.717) is 6.61 Å². The molecule has 1 atom stereocenters. The lowest BCUT2D eigenvalue weighted by molar-refractivity contribution is 0.302. The molecular weight excluding hydrogens is 338 g/mol. The molecule has 0 amide bonds. The van der Waals surface area contributed by atoms with Gasteiger partial charge in [-0.2, -0.15) is 0 Å². The Morgan fingerprint density at radius 2 is 1.67 bits per heavy atom. The number of thiophene rings is 1. The molecule has 24 heavy (non-hydrogen) atoms. The van der Waals surface area contributed by atoms with Gasteiger partial charge in [-0.25, -0.2) is 0 Å². The molecule has 0 aliphatic carbocycles. The van der Waals surface area contributed by atoms with Crippen molar-refractivity contribution in [1.82, 2.24) is 0 Å². The normalized spacial score (nSPS) is 11.6. The minimum absolute atomic E-state index is 0. The van der Waals surface area contributed by atoms with Gasteiger partial charge in [0, 0.05) is 4.88 Å². The first kappa shape index (κ1) is 18.5. The van der Waals surface area contributed by atoms with E-state index in [0.717, 1.165) is 22.4 Å². The number of hydrogen-bond acceptors (Lipinski definition) is 3. The van der Waals surface area contributed by atoms with Gasteiger partial charge < -0.3 is 10.5 Å². The van der Waals surface area contributed by atoms with Gasteiger partial charge in [0.1, 0.15) is 12.4 Å². The zero-order valence-corrected chi connectivity index (χ0v) is 15.5. The molecule has 0 unspecified atom stereocenters. The third-order valence-electron chi connectivity index (χ3n) is 3.92. The molecule has 126 valence electrons. The maximum atomic E-state index is 6.38. The zero-order valence-electron chi connectivity index (χ0n) is 13.9. The summed E-state index contributed by atoms with van der Waals surface area (Å²) in [5.74, 6) is 0.955. The lowest BCUT2D eigenvalue weighted by Crippen LogP contribution is -2.11. The highest BCUT2D eigenvalue weighted by Gasteiger charge is 2.14. The van der Waals surface area contributed by atoms with Crippen molar-refractivity contribution >= 4 is 23.7 Å². The smallest absolute Gasteiger partial charge is 0.125 e. The van der Waals surface area contributed by atoms with Gasteiger partial charge in [0.2, 0.25) is 0 Å². The summed E-state index contributed by atoms with van der Waals surface area (Å²) in [6.07, 6.45) is 0. The second-order valence-corrected chi connectivity index (χ2v) is 6.73. The molecule has 2 aromatic carbocycles. The Balaban J connectivity index is 0.00000208. The first-order valence-electron chi connectivity index (χ1n) is 7.72. The molecule has 3 aromatic rings. The highest BCUT2D eigenvalue weighted by Crippen LogP contribution is 2.31. The molecule has 2 nitrogen and oxygen atoms in total. The van der Waals surface area contributed by atoms with E-state index in [4.69, 9.17) is 10.5 Å². The van der Waals surface area contributed by atoms with Gasteiger partial charge in [0.25, 0.3) is 0 Å². The van der Waals surface area contributed by atoms with Gasteiger partial charge in [-0.3, -0.25) is 0 Å². The van der Waals surface area contributed by atoms with Crippen LogP contribution in [0, 0.1) is 13.8 Å². The molecular formula is C20H22ClNOS. The van der Waals surface area contributed by atoms with Gasteiger partial charge in [-0.05, 0) is 47.5 Å². The standard InChI is InChI=1S/C20H21NOS.ClH/c1-14-11-17(19(21)18-9-6-10-23-18)12-15(2)20(14)22-13-16-7-4-3-5-8-16;/h3-12,19H,13,21H2,1-2H3;1H/t19-;/m0./s1. The largest absolute Gasteiger partial charge is 0.488 e. The Bertz CT molecular complexity index is 749. The van der Waals surface area contributed by atoms with E-state index in [-0.39, 0.29) is 18.4 Å². The molecule has 3 rings (SSSR count). The van der Waals surface area contributed by atoms with Gasteiger partial charge in [0.15, 0.2) is 0 Å². The average Bonchev–Trinajstić information content (AvgIpc) is 3.08. The molecule has 1 heterocycles. The van der Waals surface area contributed by atoms with Crippen LogP contribution in [0.25, 0.3) is 0 Å². The third kappa shape index (κ3) is 4.18. The number of halogens is 1. The van der Waals surface area contributed by atoms with Crippen LogP contribution < -0.4 is 10.5 Å². The Hall–Kier alpha value is -1.81. The van der Waals surface area contributed by atoms with E-state index in [1.54, 1.807) is 11.3 Å². The first-order valence-corrected chi connectivity index (χ1v) is 8.60. The van der Waals surface area contributed by atoms with E-state index >= 15 is 0 Å². The summed E-state index contributed by atoms with van der Waals surface area (Å²) in [4.78, 5) is 1.18. The van der Waals surface area contributed by atoms with Gasteiger partial charge in [-0.15, -0.1) is 23.7 Å². The maximum Gasteiger partial charge on any atom is 0.125 e. The highest BCUT2D eigenvalue weighted by molar-refractivity contribution is 7.10. The lowest BCUT2D eigenvalue weighted by atomic mass is 10.00. The van der Waals surface area contributed by atoms with Crippen LogP contribution in [-0.4, -0.2) is 0 Å². The molecule has 0 bridgehead atoms. The topological polar surface area (TPSA) is 35.2 Å². The summed E-state index contributed by atoms with van der Waals surface area (Å²) in [7, 11) is 0. The summed E-state index contributed by atoms with van der Waals surface area (Å²) >= 11 is 1.69. The van der Waals surface area contributed by atoms with Crippen LogP contribution in [-0.2, 0) is 6.61 Å². The highest BCUT2D eigenvalue weighted by atomic mass is 35.5. The van der Waals surface area contributed by atoms with Crippen LogP contribution in [0.15, 0.2) is 60.0 Å². The van der Waals surface area contributed by atoms with Crippen LogP contribution in [0.4, 0.5) is 0 Å². The third-order valence-corrected chi connectivity index (χ3v) is 4.87. The zero-order chi connectivity index (χ0) is 16.2. The van der Waals surface area contributed by atoms with Crippen molar-refractivity contribution in [3.8, 4) is 5.75 Å². The summed E-state index contributed by atoms with van der Waals surface area (Å²) < 4.78 is 6.04. The fraction of sp³-hybridized carbons (Fsp3) is 0.200. The number of hydrogen-bond donors (Lipinski definition) is 1. The molecule has 0 radical (unpaired) electrons. The van der Waals surface area contributed by atoms with Crippen LogP contribution in [0.2, 0.25) is 0 Å². The van der Waals surface area contributed by atoms with E-state index in [1.165, 1.54) is 10.4 Å². The van der Waals surface area contributed by atoms with Gasteiger partial charge in [-0.1, -0.05) is 48.5 Å². The van der Waals surface area contributed by atoms with E-state index < -0.39 is 0 Å². The Morgan fingerprint density at radius 3 is 2.25 bits per heavy atom. The van der Waals surface area contributed by atoms with E-state index in [2.05, 4.69) is 49.6 Å². The average molecular weight is 360 g/mol. The van der Waals surface area contributed by atoms with Crippen molar-refractivity contribution in [3.63, 3.8) is 0 Å². The predicted octanol–water partition coefficient (Wildman–Crippen LogP) is 5.41. The van der Waals surface area contributed by atoms with Crippen molar-refractivity contribution in [2.45, 2.75) is 26.5 Å².